The van der Waals surface area contributed by atoms with Gasteiger partial charge in [0, 0.05) is 0 Å². The number of hydrogen-bond acceptors (Lipinski definition) is 0. The molecule has 0 bridgehead atoms. The first-order valence-corrected chi connectivity index (χ1v) is 6.84. The van der Waals surface area contributed by atoms with Gasteiger partial charge < -0.3 is 28.5 Å². The van der Waals surface area contributed by atoms with Crippen molar-refractivity contribution in [1.82, 2.24) is 0 Å². The fourth-order valence-corrected chi connectivity index (χ4v) is 2.50. The molecule has 0 aromatic heterocycles. The number of halogens is 1. The molecule has 0 spiro atoms. The molecule has 1 atom stereocenters. The summed E-state index contributed by atoms with van der Waals surface area (Å²) in [7, 11) is 6.76. The van der Waals surface area contributed by atoms with Crippen molar-refractivity contribution in [3.05, 3.63) is 23.3 Å². The lowest BCUT2D eigenvalue weighted by atomic mass is 9.72. The highest BCUT2D eigenvalue weighted by molar-refractivity contribution is 5.32. The van der Waals surface area contributed by atoms with Gasteiger partial charge >= 0.3 is 0 Å². The van der Waals surface area contributed by atoms with Crippen LogP contribution in [0.3, 0.4) is 0 Å². The average Bonchev–Trinajstić information content (AvgIpc) is 2.14. The highest BCUT2D eigenvalue weighted by atomic mass is 127. The van der Waals surface area contributed by atoms with E-state index in [-0.39, 0.29) is 24.0 Å². The standard InChI is InChI=1S/C16H30N.HI/c1-13-9-8-12-16(3,4)15(13)11-10-14(2)17(5,6)7;/h10-11,14H,8-9,12H2,1-7H3;1H/q+1;/p-1/b11-10+;. The molecule has 1 aliphatic rings. The first-order valence-electron chi connectivity index (χ1n) is 6.84. The Kier molecular flexibility index (Phi) is 6.62. The van der Waals surface area contributed by atoms with Crippen LogP contribution < -0.4 is 24.0 Å². The molecule has 0 fully saturated rings. The summed E-state index contributed by atoms with van der Waals surface area (Å²) in [6.07, 6.45) is 8.72. The molecule has 0 N–H and O–H groups in total. The van der Waals surface area contributed by atoms with Crippen molar-refractivity contribution in [1.29, 1.82) is 0 Å². The van der Waals surface area contributed by atoms with Gasteiger partial charge in [0.15, 0.2) is 0 Å². The predicted molar refractivity (Wildman–Crippen MR) is 77.0 cm³/mol. The zero-order valence-electron chi connectivity index (χ0n) is 13.2. The average molecular weight is 363 g/mol. The van der Waals surface area contributed by atoms with Crippen molar-refractivity contribution >= 4 is 0 Å². The van der Waals surface area contributed by atoms with Crippen molar-refractivity contribution in [2.24, 2.45) is 5.41 Å². The van der Waals surface area contributed by atoms with Gasteiger partial charge in [0.05, 0.1) is 21.1 Å². The van der Waals surface area contributed by atoms with Gasteiger partial charge in [-0.3, -0.25) is 0 Å². The minimum Gasteiger partial charge on any atom is -1.00 e. The molecule has 0 heterocycles. The Morgan fingerprint density at radius 3 is 2.22 bits per heavy atom. The van der Waals surface area contributed by atoms with Gasteiger partial charge in [0.1, 0.15) is 6.04 Å². The minimum absolute atomic E-state index is 0. The van der Waals surface area contributed by atoms with Crippen LogP contribution >= 0.6 is 0 Å². The predicted octanol–water partition coefficient (Wildman–Crippen LogP) is 1.17. The number of allylic oxidation sites excluding steroid dienone is 3. The number of quaternary nitrogens is 1. The third kappa shape index (κ3) is 4.69. The van der Waals surface area contributed by atoms with Crippen LogP contribution in [0, 0.1) is 5.41 Å². The number of likely N-dealkylation sites (N-methyl/N-ethyl adjacent to an activating group) is 1. The van der Waals surface area contributed by atoms with Crippen molar-refractivity contribution in [3.63, 3.8) is 0 Å². The Morgan fingerprint density at radius 2 is 1.78 bits per heavy atom. The third-order valence-corrected chi connectivity index (χ3v) is 4.31. The van der Waals surface area contributed by atoms with Crippen LogP contribution in [0.4, 0.5) is 0 Å². The number of nitrogens with zero attached hydrogens (tertiary/aromatic N) is 1. The van der Waals surface area contributed by atoms with E-state index >= 15 is 0 Å². The van der Waals surface area contributed by atoms with Crippen molar-refractivity contribution < 1.29 is 28.5 Å². The maximum atomic E-state index is 2.39. The van der Waals surface area contributed by atoms with Gasteiger partial charge in [-0.2, -0.15) is 0 Å². The minimum atomic E-state index is 0. The van der Waals surface area contributed by atoms with Crippen molar-refractivity contribution in [2.75, 3.05) is 21.1 Å². The molecule has 0 saturated heterocycles. The number of hydrogen-bond donors (Lipinski definition) is 0. The van der Waals surface area contributed by atoms with Gasteiger partial charge in [-0.15, -0.1) is 0 Å². The lowest BCUT2D eigenvalue weighted by Gasteiger charge is -2.34. The van der Waals surface area contributed by atoms with Crippen molar-refractivity contribution in [2.45, 2.75) is 53.0 Å². The topological polar surface area (TPSA) is 0 Å². The van der Waals surface area contributed by atoms with E-state index < -0.39 is 0 Å². The molecule has 0 aromatic carbocycles. The normalized spacial score (nSPS) is 21.9. The Hall–Kier alpha value is 0.170. The van der Waals surface area contributed by atoms with Crippen LogP contribution in [0.25, 0.3) is 0 Å². The van der Waals surface area contributed by atoms with E-state index in [0.29, 0.717) is 11.5 Å². The zero-order valence-corrected chi connectivity index (χ0v) is 15.3. The van der Waals surface area contributed by atoms with Gasteiger partial charge in [-0.1, -0.05) is 25.5 Å². The van der Waals surface area contributed by atoms with Crippen LogP contribution in [0.2, 0.25) is 0 Å². The quantitative estimate of drug-likeness (QED) is 0.522. The van der Waals surface area contributed by atoms with Crippen LogP contribution in [0.15, 0.2) is 23.3 Å². The molecule has 1 nitrogen and oxygen atoms in total. The fourth-order valence-electron chi connectivity index (χ4n) is 2.50. The Labute approximate surface area is 131 Å². The summed E-state index contributed by atoms with van der Waals surface area (Å²) >= 11 is 0. The summed E-state index contributed by atoms with van der Waals surface area (Å²) < 4.78 is 0.989. The SMILES string of the molecule is CC1=C(/C=C/C(C)[N+](C)(C)C)C(C)(C)CCC1.[I-]. The van der Waals surface area contributed by atoms with Crippen molar-refractivity contribution in [3.8, 4) is 0 Å². The van der Waals surface area contributed by atoms with Gasteiger partial charge in [-0.25, -0.2) is 0 Å². The summed E-state index contributed by atoms with van der Waals surface area (Å²) in [6, 6.07) is 0.563. The fraction of sp³-hybridized carbons (Fsp3) is 0.750. The summed E-state index contributed by atoms with van der Waals surface area (Å²) in [6.45, 7) is 9.36. The molecule has 0 radical (unpaired) electrons. The van der Waals surface area contributed by atoms with Crippen LogP contribution in [0.5, 0.6) is 0 Å². The molecule has 0 amide bonds. The summed E-state index contributed by atoms with van der Waals surface area (Å²) in [5, 5.41) is 0. The van der Waals surface area contributed by atoms with E-state index in [9.17, 15) is 0 Å². The third-order valence-electron chi connectivity index (χ3n) is 4.31. The molecule has 2 heteroatoms. The van der Waals surface area contributed by atoms with Crippen LogP contribution in [-0.4, -0.2) is 31.7 Å². The van der Waals surface area contributed by atoms with Gasteiger partial charge in [-0.05, 0) is 50.2 Å². The lowest BCUT2D eigenvalue weighted by molar-refractivity contribution is -0.887. The Morgan fingerprint density at radius 1 is 1.22 bits per heavy atom. The summed E-state index contributed by atoms with van der Waals surface area (Å²) in [5.74, 6) is 0. The Bertz CT molecular complexity index is 331. The molecule has 1 aliphatic carbocycles. The maximum Gasteiger partial charge on any atom is 0.104 e. The molecular weight excluding hydrogens is 333 g/mol. The van der Waals surface area contributed by atoms with Gasteiger partial charge in [0.2, 0.25) is 0 Å². The zero-order chi connectivity index (χ0) is 13.3. The summed E-state index contributed by atoms with van der Waals surface area (Å²) in [4.78, 5) is 0. The molecule has 0 aliphatic heterocycles. The van der Waals surface area contributed by atoms with Crippen LogP contribution in [0.1, 0.15) is 47.0 Å². The largest absolute Gasteiger partial charge is 1.00 e. The van der Waals surface area contributed by atoms with Crippen LogP contribution in [-0.2, 0) is 0 Å². The van der Waals surface area contributed by atoms with E-state index in [2.05, 4.69) is 61.0 Å². The van der Waals surface area contributed by atoms with E-state index in [1.54, 1.807) is 11.1 Å². The first kappa shape index (κ1) is 18.2. The second-order valence-corrected chi connectivity index (χ2v) is 7.15. The van der Waals surface area contributed by atoms with E-state index in [4.69, 9.17) is 0 Å². The molecule has 106 valence electrons. The first-order chi connectivity index (χ1) is 7.64. The second-order valence-electron chi connectivity index (χ2n) is 7.15. The van der Waals surface area contributed by atoms with E-state index in [0.717, 1.165) is 4.48 Å². The number of rotatable bonds is 3. The van der Waals surface area contributed by atoms with E-state index in [1.807, 2.05) is 0 Å². The molecule has 18 heavy (non-hydrogen) atoms. The second kappa shape index (κ2) is 6.56. The molecule has 0 aromatic rings. The highest BCUT2D eigenvalue weighted by Crippen LogP contribution is 2.40. The van der Waals surface area contributed by atoms with E-state index in [1.165, 1.54) is 19.3 Å². The Balaban J connectivity index is 0.00000289. The maximum absolute atomic E-state index is 2.39. The molecule has 1 rings (SSSR count). The molecule has 0 saturated carbocycles. The molecule has 1 unspecified atom stereocenters. The van der Waals surface area contributed by atoms with Gasteiger partial charge in [0.25, 0.3) is 0 Å². The lowest BCUT2D eigenvalue weighted by Crippen LogP contribution is -3.00. The monoisotopic (exact) mass is 363 g/mol. The smallest absolute Gasteiger partial charge is 0.104 e. The summed E-state index contributed by atoms with van der Waals surface area (Å²) in [5.41, 5.74) is 3.53. The highest BCUT2D eigenvalue weighted by Gasteiger charge is 2.27. The molecular formula is C16H30IN.